The van der Waals surface area contributed by atoms with Crippen LogP contribution >= 0.6 is 0 Å². The first-order valence-corrected chi connectivity index (χ1v) is 9.12. The Morgan fingerprint density at radius 1 is 1.32 bits per heavy atom. The number of fused-ring (bicyclic) bond motifs is 2. The van der Waals surface area contributed by atoms with E-state index in [0.717, 1.165) is 13.1 Å². The van der Waals surface area contributed by atoms with Crippen molar-refractivity contribution < 1.29 is 14.3 Å². The van der Waals surface area contributed by atoms with Crippen molar-refractivity contribution >= 4 is 33.6 Å². The predicted octanol–water partition coefficient (Wildman–Crippen LogP) is 2.16. The number of aromatic nitrogens is 2. The highest BCUT2D eigenvalue weighted by molar-refractivity contribution is 5.96. The van der Waals surface area contributed by atoms with Gasteiger partial charge < -0.3 is 19.5 Å². The lowest BCUT2D eigenvalue weighted by atomic mass is 10.0. The molecule has 0 atom stereocenters. The van der Waals surface area contributed by atoms with Gasteiger partial charge in [0.05, 0.1) is 16.7 Å². The van der Waals surface area contributed by atoms with E-state index in [4.69, 9.17) is 0 Å². The molecule has 7 nitrogen and oxygen atoms in total. The first kappa shape index (κ1) is 18.4. The number of carbonyl (C=O) groups is 1. The molecule has 3 aromatic rings. The third-order valence-electron chi connectivity index (χ3n) is 5.42. The fourth-order valence-electron chi connectivity index (χ4n) is 3.61. The summed E-state index contributed by atoms with van der Waals surface area (Å²) in [7, 11) is 4.01. The fourth-order valence-corrected chi connectivity index (χ4v) is 3.61. The number of likely N-dealkylation sites (N-methyl/N-ethyl adjacent to an activating group) is 1. The number of hydrogen-bond acceptors (Lipinski definition) is 5. The zero-order valence-corrected chi connectivity index (χ0v) is 15.9. The summed E-state index contributed by atoms with van der Waals surface area (Å²) in [5.41, 5.74) is 0.430. The number of hydrogen-bond donors (Lipinski definition) is 1. The van der Waals surface area contributed by atoms with Crippen molar-refractivity contribution in [1.82, 2.24) is 14.5 Å². The van der Waals surface area contributed by atoms with E-state index < -0.39 is 17.2 Å². The van der Waals surface area contributed by atoms with Crippen molar-refractivity contribution in [2.45, 2.75) is 19.5 Å². The summed E-state index contributed by atoms with van der Waals surface area (Å²) >= 11 is 0. The van der Waals surface area contributed by atoms with Crippen LogP contribution in [0.15, 0.2) is 29.2 Å². The number of pyridine rings is 2. The number of carboxylic acid groups (broad SMARTS) is 1. The predicted molar refractivity (Wildman–Crippen MR) is 106 cm³/mol. The number of aromatic carboxylic acids is 1. The average Bonchev–Trinajstić information content (AvgIpc) is 2.59. The summed E-state index contributed by atoms with van der Waals surface area (Å²) in [4.78, 5) is 32.3. The normalized spacial score (nSPS) is 14.8. The van der Waals surface area contributed by atoms with Crippen LogP contribution in [0, 0.1) is 5.82 Å². The summed E-state index contributed by atoms with van der Waals surface area (Å²) < 4.78 is 16.4. The van der Waals surface area contributed by atoms with Gasteiger partial charge in [-0.3, -0.25) is 4.79 Å². The number of halogens is 1. The summed E-state index contributed by atoms with van der Waals surface area (Å²) in [6, 6.07) is 5.24. The zero-order chi connectivity index (χ0) is 20.2. The van der Waals surface area contributed by atoms with Crippen LogP contribution in [0.25, 0.3) is 21.9 Å². The van der Waals surface area contributed by atoms with Gasteiger partial charge in [0.1, 0.15) is 16.9 Å². The molecule has 0 bridgehead atoms. The SMILES string of the molecule is CCn1cc(C(=O)O)c(=O)c2nc3cc(F)c(N4CC(N(C)C)C4)cc3cc21. The van der Waals surface area contributed by atoms with E-state index in [1.807, 2.05) is 25.9 Å². The molecule has 4 rings (SSSR count). The Hall–Kier alpha value is -3.00. The first-order valence-electron chi connectivity index (χ1n) is 9.12. The summed E-state index contributed by atoms with van der Waals surface area (Å²) in [6.45, 7) is 3.84. The molecule has 28 heavy (non-hydrogen) atoms. The Bertz CT molecular complexity index is 1170. The van der Waals surface area contributed by atoms with Crippen molar-refractivity contribution in [1.29, 1.82) is 0 Å². The molecule has 0 saturated carbocycles. The van der Waals surface area contributed by atoms with E-state index in [9.17, 15) is 19.1 Å². The van der Waals surface area contributed by atoms with Crippen LogP contribution in [0.4, 0.5) is 10.1 Å². The van der Waals surface area contributed by atoms with Gasteiger partial charge in [-0.25, -0.2) is 14.2 Å². The van der Waals surface area contributed by atoms with Crippen LogP contribution in [0.1, 0.15) is 17.3 Å². The van der Waals surface area contributed by atoms with E-state index in [0.29, 0.717) is 34.7 Å². The van der Waals surface area contributed by atoms with Gasteiger partial charge in [0.2, 0.25) is 5.43 Å². The molecule has 0 spiro atoms. The smallest absolute Gasteiger partial charge is 0.341 e. The van der Waals surface area contributed by atoms with Gasteiger partial charge in [0.25, 0.3) is 0 Å². The van der Waals surface area contributed by atoms with Crippen LogP contribution in [0.2, 0.25) is 0 Å². The lowest BCUT2D eigenvalue weighted by Gasteiger charge is -2.44. The van der Waals surface area contributed by atoms with Crippen molar-refractivity contribution in [2.75, 3.05) is 32.1 Å². The van der Waals surface area contributed by atoms with Crippen LogP contribution in [-0.4, -0.2) is 58.8 Å². The van der Waals surface area contributed by atoms with Crippen LogP contribution < -0.4 is 10.3 Å². The molecule has 1 aliphatic heterocycles. The molecule has 3 heterocycles. The van der Waals surface area contributed by atoms with Gasteiger partial charge >= 0.3 is 5.97 Å². The first-order chi connectivity index (χ1) is 13.3. The van der Waals surface area contributed by atoms with Crippen molar-refractivity contribution in [3.63, 3.8) is 0 Å². The maximum atomic E-state index is 14.7. The van der Waals surface area contributed by atoms with Crippen molar-refractivity contribution in [3.05, 3.63) is 46.0 Å². The number of nitrogens with zero attached hydrogens (tertiary/aromatic N) is 4. The minimum absolute atomic E-state index is 0.0398. The quantitative estimate of drug-likeness (QED) is 0.695. The van der Waals surface area contributed by atoms with Crippen LogP contribution in [-0.2, 0) is 6.54 Å². The number of carboxylic acids is 1. The molecule has 2 aromatic heterocycles. The monoisotopic (exact) mass is 384 g/mol. The van der Waals surface area contributed by atoms with Gasteiger partial charge in [-0.2, -0.15) is 0 Å². The van der Waals surface area contributed by atoms with E-state index in [-0.39, 0.29) is 11.1 Å². The molecule has 146 valence electrons. The minimum Gasteiger partial charge on any atom is -0.477 e. The van der Waals surface area contributed by atoms with Crippen LogP contribution in [0.5, 0.6) is 0 Å². The molecule has 0 aliphatic carbocycles. The molecule has 1 aromatic carbocycles. The average molecular weight is 384 g/mol. The molecule has 0 radical (unpaired) electrons. The van der Waals surface area contributed by atoms with Gasteiger partial charge in [0.15, 0.2) is 0 Å². The second kappa shape index (κ2) is 6.56. The van der Waals surface area contributed by atoms with E-state index >= 15 is 0 Å². The maximum Gasteiger partial charge on any atom is 0.341 e. The largest absolute Gasteiger partial charge is 0.477 e. The lowest BCUT2D eigenvalue weighted by Crippen LogP contribution is -2.57. The van der Waals surface area contributed by atoms with E-state index in [1.165, 1.54) is 12.3 Å². The number of benzene rings is 1. The van der Waals surface area contributed by atoms with Crippen molar-refractivity contribution in [3.8, 4) is 0 Å². The highest BCUT2D eigenvalue weighted by atomic mass is 19.1. The summed E-state index contributed by atoms with van der Waals surface area (Å²) in [6.07, 6.45) is 1.34. The van der Waals surface area contributed by atoms with E-state index in [1.54, 1.807) is 16.7 Å². The maximum absolute atomic E-state index is 14.7. The van der Waals surface area contributed by atoms with Gasteiger partial charge in [-0.05, 0) is 33.2 Å². The Balaban J connectivity index is 1.89. The molecule has 1 aliphatic rings. The summed E-state index contributed by atoms with van der Waals surface area (Å²) in [5.74, 6) is -1.70. The number of anilines is 1. The van der Waals surface area contributed by atoms with Gasteiger partial charge in [-0.1, -0.05) is 0 Å². The Labute approximate surface area is 160 Å². The molecular formula is C20H21FN4O3. The lowest BCUT2D eigenvalue weighted by molar-refractivity contribution is 0.0695. The standard InChI is InChI=1S/C20H21FN4O3/c1-4-24-10-13(20(27)28)19(26)18-17(24)6-11-5-16(14(21)7-15(11)22-18)25-8-12(9-25)23(2)3/h5-7,10,12H,4,8-9H2,1-3H3,(H,27,28). The number of rotatable bonds is 4. The Morgan fingerprint density at radius 3 is 2.64 bits per heavy atom. The van der Waals surface area contributed by atoms with Gasteiger partial charge in [-0.15, -0.1) is 0 Å². The Morgan fingerprint density at radius 2 is 2.04 bits per heavy atom. The highest BCUT2D eigenvalue weighted by Crippen LogP contribution is 2.30. The fraction of sp³-hybridized carbons (Fsp3) is 0.350. The molecule has 1 saturated heterocycles. The van der Waals surface area contributed by atoms with Crippen LogP contribution in [0.3, 0.4) is 0 Å². The van der Waals surface area contributed by atoms with Crippen molar-refractivity contribution in [2.24, 2.45) is 0 Å². The second-order valence-corrected chi connectivity index (χ2v) is 7.34. The molecular weight excluding hydrogens is 363 g/mol. The highest BCUT2D eigenvalue weighted by Gasteiger charge is 2.30. The number of aryl methyl sites for hydroxylation is 1. The third-order valence-corrected chi connectivity index (χ3v) is 5.42. The molecule has 8 heteroatoms. The molecule has 1 N–H and O–H groups in total. The zero-order valence-electron chi connectivity index (χ0n) is 15.9. The topological polar surface area (TPSA) is 78.7 Å². The molecule has 0 amide bonds. The molecule has 0 unspecified atom stereocenters. The molecule has 1 fully saturated rings. The van der Waals surface area contributed by atoms with Gasteiger partial charge in [0, 0.05) is 43.3 Å². The minimum atomic E-state index is -1.30. The second-order valence-electron chi connectivity index (χ2n) is 7.34. The Kier molecular flexibility index (Phi) is 4.30. The third kappa shape index (κ3) is 2.80. The summed E-state index contributed by atoms with van der Waals surface area (Å²) in [5, 5.41) is 9.99. The van der Waals surface area contributed by atoms with E-state index in [2.05, 4.69) is 9.88 Å².